The minimum atomic E-state index is -0.183. The fourth-order valence-corrected chi connectivity index (χ4v) is 3.46. The average Bonchev–Trinajstić information content (AvgIpc) is 2.96. The molecule has 0 spiro atoms. The molecular formula is C17H16ClNO2. The van der Waals surface area contributed by atoms with Crippen molar-refractivity contribution in [2.24, 2.45) is 5.92 Å². The maximum atomic E-state index is 6.43. The summed E-state index contributed by atoms with van der Waals surface area (Å²) in [5.74, 6) is 1.09. The average molecular weight is 302 g/mol. The molecule has 0 saturated carbocycles. The van der Waals surface area contributed by atoms with E-state index in [1.807, 2.05) is 36.4 Å². The molecule has 108 valence electrons. The van der Waals surface area contributed by atoms with Crippen LogP contribution in [0.4, 0.5) is 5.69 Å². The molecule has 3 atom stereocenters. The standard InChI is InChI=1S/C17H16ClNO2/c18-13-7-4-8-14-15(13)16(12-9-10-20-17(12)21-14)19-11-5-2-1-3-6-11/h1-8,12,16-17,19H,9-10H2/t12-,16+,17+/m0/s1. The zero-order chi connectivity index (χ0) is 14.2. The Morgan fingerprint density at radius 3 is 2.76 bits per heavy atom. The molecule has 1 N–H and O–H groups in total. The van der Waals surface area contributed by atoms with Crippen LogP contribution in [0.25, 0.3) is 0 Å². The fourth-order valence-electron chi connectivity index (χ4n) is 3.18. The van der Waals surface area contributed by atoms with Gasteiger partial charge in [0.2, 0.25) is 6.29 Å². The van der Waals surface area contributed by atoms with Crippen molar-refractivity contribution in [1.82, 2.24) is 0 Å². The topological polar surface area (TPSA) is 30.5 Å². The Balaban J connectivity index is 1.76. The van der Waals surface area contributed by atoms with E-state index in [1.54, 1.807) is 0 Å². The zero-order valence-corrected chi connectivity index (χ0v) is 12.2. The molecule has 0 aliphatic carbocycles. The minimum Gasteiger partial charge on any atom is -0.464 e. The lowest BCUT2D eigenvalue weighted by Gasteiger charge is -2.36. The monoisotopic (exact) mass is 301 g/mol. The maximum Gasteiger partial charge on any atom is 0.205 e. The van der Waals surface area contributed by atoms with Gasteiger partial charge >= 0.3 is 0 Å². The molecule has 0 amide bonds. The maximum absolute atomic E-state index is 6.43. The molecule has 0 bridgehead atoms. The lowest BCUT2D eigenvalue weighted by molar-refractivity contribution is -0.0747. The SMILES string of the molecule is Clc1cccc2c1[C@H](Nc1ccccc1)[C@@H]1CCO[C@@H]1O2. The van der Waals surface area contributed by atoms with Crippen molar-refractivity contribution in [3.63, 3.8) is 0 Å². The molecule has 1 fully saturated rings. The van der Waals surface area contributed by atoms with Gasteiger partial charge in [0.1, 0.15) is 5.75 Å². The molecule has 2 aromatic rings. The summed E-state index contributed by atoms with van der Waals surface area (Å²) in [4.78, 5) is 0. The van der Waals surface area contributed by atoms with E-state index in [1.165, 1.54) is 0 Å². The molecule has 3 nitrogen and oxygen atoms in total. The summed E-state index contributed by atoms with van der Waals surface area (Å²) in [6.45, 7) is 0.730. The van der Waals surface area contributed by atoms with Gasteiger partial charge in [-0.25, -0.2) is 0 Å². The van der Waals surface area contributed by atoms with E-state index in [2.05, 4.69) is 17.4 Å². The van der Waals surface area contributed by atoms with E-state index in [0.29, 0.717) is 0 Å². The normalized spacial score (nSPS) is 26.6. The van der Waals surface area contributed by atoms with Crippen molar-refractivity contribution in [1.29, 1.82) is 0 Å². The second-order valence-corrected chi connectivity index (χ2v) is 5.86. The number of ether oxygens (including phenoxy) is 2. The number of nitrogens with one attached hydrogen (secondary N) is 1. The summed E-state index contributed by atoms with van der Waals surface area (Å²) in [6.07, 6.45) is 0.789. The van der Waals surface area contributed by atoms with E-state index < -0.39 is 0 Å². The molecule has 2 aliphatic heterocycles. The van der Waals surface area contributed by atoms with Crippen LogP contribution in [0.5, 0.6) is 5.75 Å². The first-order chi connectivity index (χ1) is 10.3. The largest absolute Gasteiger partial charge is 0.464 e. The fraction of sp³-hybridized carbons (Fsp3) is 0.294. The Labute approximate surface area is 128 Å². The Morgan fingerprint density at radius 2 is 1.90 bits per heavy atom. The second kappa shape index (κ2) is 5.24. The van der Waals surface area contributed by atoms with Gasteiger partial charge in [0.05, 0.1) is 12.6 Å². The lowest BCUT2D eigenvalue weighted by atomic mass is 9.88. The highest BCUT2D eigenvalue weighted by molar-refractivity contribution is 6.31. The summed E-state index contributed by atoms with van der Waals surface area (Å²) < 4.78 is 11.7. The molecule has 0 unspecified atom stereocenters. The van der Waals surface area contributed by atoms with Crippen molar-refractivity contribution in [3.05, 3.63) is 59.1 Å². The number of hydrogen-bond acceptors (Lipinski definition) is 3. The van der Waals surface area contributed by atoms with Crippen LogP contribution in [0.15, 0.2) is 48.5 Å². The number of para-hydroxylation sites is 1. The smallest absolute Gasteiger partial charge is 0.205 e. The van der Waals surface area contributed by atoms with Crippen LogP contribution >= 0.6 is 11.6 Å². The van der Waals surface area contributed by atoms with Gasteiger partial charge in [-0.1, -0.05) is 35.9 Å². The van der Waals surface area contributed by atoms with E-state index in [-0.39, 0.29) is 18.2 Å². The first-order valence-corrected chi connectivity index (χ1v) is 7.59. The molecule has 0 radical (unpaired) electrons. The highest BCUT2D eigenvalue weighted by Crippen LogP contribution is 2.47. The number of halogens is 1. The number of benzene rings is 2. The number of fused-ring (bicyclic) bond motifs is 2. The van der Waals surface area contributed by atoms with Crippen molar-refractivity contribution >= 4 is 17.3 Å². The molecule has 4 heteroatoms. The lowest BCUT2D eigenvalue weighted by Crippen LogP contribution is -2.36. The first-order valence-electron chi connectivity index (χ1n) is 7.21. The van der Waals surface area contributed by atoms with Gasteiger partial charge in [0, 0.05) is 22.2 Å². The van der Waals surface area contributed by atoms with Crippen LogP contribution < -0.4 is 10.1 Å². The summed E-state index contributed by atoms with van der Waals surface area (Å²) in [5, 5.41) is 4.35. The second-order valence-electron chi connectivity index (χ2n) is 5.45. The van der Waals surface area contributed by atoms with Crippen LogP contribution in [0.3, 0.4) is 0 Å². The van der Waals surface area contributed by atoms with Gasteiger partial charge in [-0.3, -0.25) is 0 Å². The van der Waals surface area contributed by atoms with E-state index in [9.17, 15) is 0 Å². The summed E-state index contributed by atoms with van der Waals surface area (Å²) >= 11 is 6.43. The summed E-state index contributed by atoms with van der Waals surface area (Å²) in [7, 11) is 0. The quantitative estimate of drug-likeness (QED) is 0.899. The highest BCUT2D eigenvalue weighted by atomic mass is 35.5. The molecular weight excluding hydrogens is 286 g/mol. The molecule has 2 aliphatic rings. The first kappa shape index (κ1) is 13.0. The van der Waals surface area contributed by atoms with Gasteiger partial charge in [-0.2, -0.15) is 0 Å². The van der Waals surface area contributed by atoms with Crippen LogP contribution in [0.2, 0.25) is 5.02 Å². The van der Waals surface area contributed by atoms with Gasteiger partial charge in [0.15, 0.2) is 0 Å². The highest BCUT2D eigenvalue weighted by Gasteiger charge is 2.43. The third-order valence-electron chi connectivity index (χ3n) is 4.17. The van der Waals surface area contributed by atoms with Crippen LogP contribution in [0.1, 0.15) is 18.0 Å². The summed E-state index contributed by atoms with van der Waals surface area (Å²) in [5.41, 5.74) is 2.12. The van der Waals surface area contributed by atoms with Crippen LogP contribution in [0, 0.1) is 5.92 Å². The van der Waals surface area contributed by atoms with E-state index >= 15 is 0 Å². The van der Waals surface area contributed by atoms with Gasteiger partial charge < -0.3 is 14.8 Å². The Kier molecular flexibility index (Phi) is 3.24. The predicted octanol–water partition coefficient (Wildman–Crippen LogP) is 4.25. The molecule has 0 aromatic heterocycles. The minimum absolute atomic E-state index is 0.109. The van der Waals surface area contributed by atoms with Crippen LogP contribution in [-0.2, 0) is 4.74 Å². The van der Waals surface area contributed by atoms with Gasteiger partial charge in [-0.15, -0.1) is 0 Å². The molecule has 2 heterocycles. The molecule has 21 heavy (non-hydrogen) atoms. The predicted molar refractivity (Wildman–Crippen MR) is 82.7 cm³/mol. The number of rotatable bonds is 2. The molecule has 4 rings (SSSR count). The Bertz CT molecular complexity index is 646. The van der Waals surface area contributed by atoms with Crippen molar-refractivity contribution in [3.8, 4) is 5.75 Å². The molecule has 1 saturated heterocycles. The van der Waals surface area contributed by atoms with Crippen molar-refractivity contribution in [2.45, 2.75) is 18.8 Å². The van der Waals surface area contributed by atoms with Crippen molar-refractivity contribution in [2.75, 3.05) is 11.9 Å². The van der Waals surface area contributed by atoms with Crippen molar-refractivity contribution < 1.29 is 9.47 Å². The van der Waals surface area contributed by atoms with E-state index in [4.69, 9.17) is 21.1 Å². The van der Waals surface area contributed by atoms with Gasteiger partial charge in [0.25, 0.3) is 0 Å². The Morgan fingerprint density at radius 1 is 1.05 bits per heavy atom. The van der Waals surface area contributed by atoms with Crippen LogP contribution in [-0.4, -0.2) is 12.9 Å². The van der Waals surface area contributed by atoms with Gasteiger partial charge in [-0.05, 0) is 30.7 Å². The molecule has 2 aromatic carbocycles. The number of anilines is 1. The Hall–Kier alpha value is -1.71. The van der Waals surface area contributed by atoms with E-state index in [0.717, 1.165) is 35.1 Å². The zero-order valence-electron chi connectivity index (χ0n) is 11.5. The number of hydrogen-bond donors (Lipinski definition) is 1. The summed E-state index contributed by atoms with van der Waals surface area (Å²) in [6, 6.07) is 16.1. The third-order valence-corrected chi connectivity index (χ3v) is 4.50. The third kappa shape index (κ3) is 2.27.